The van der Waals surface area contributed by atoms with E-state index in [2.05, 4.69) is 10.4 Å². The summed E-state index contributed by atoms with van der Waals surface area (Å²) in [6, 6.07) is -0.556. The number of halogens is 3. The van der Waals surface area contributed by atoms with Crippen molar-refractivity contribution in [3.05, 3.63) is 22.1 Å². The van der Waals surface area contributed by atoms with Gasteiger partial charge in [-0.15, -0.1) is 0 Å². The Hall–Kier alpha value is -1.57. The van der Waals surface area contributed by atoms with E-state index in [4.69, 9.17) is 5.11 Å². The molecular formula is C9H12F3N3O2. The lowest BCUT2D eigenvalue weighted by Gasteiger charge is -2.18. The Labute approximate surface area is 94.7 Å². The summed E-state index contributed by atoms with van der Waals surface area (Å²) in [5.41, 5.74) is -3.07. The first-order chi connectivity index (χ1) is 7.90. The Morgan fingerprint density at radius 3 is 2.71 bits per heavy atom. The van der Waals surface area contributed by atoms with E-state index in [1.807, 2.05) is 0 Å². The van der Waals surface area contributed by atoms with Crippen LogP contribution >= 0.6 is 0 Å². The number of rotatable bonds is 4. The molecule has 0 fully saturated rings. The highest BCUT2D eigenvalue weighted by molar-refractivity contribution is 5.50. The van der Waals surface area contributed by atoms with Crippen LogP contribution in [0, 0.1) is 0 Å². The second kappa shape index (κ2) is 5.17. The molecule has 0 aliphatic carbocycles. The molecule has 0 aliphatic rings. The smallest absolute Gasteiger partial charge is 0.394 e. The van der Waals surface area contributed by atoms with Gasteiger partial charge in [0.25, 0.3) is 5.56 Å². The van der Waals surface area contributed by atoms with Crippen molar-refractivity contribution in [3.8, 4) is 0 Å². The SMILES string of the molecule is CC[C@@H](CO)Nc1cn[nH]c(=O)c1C(F)(F)F. The number of anilines is 1. The third-order valence-electron chi connectivity index (χ3n) is 2.21. The van der Waals surface area contributed by atoms with Gasteiger partial charge in [-0.3, -0.25) is 4.79 Å². The summed E-state index contributed by atoms with van der Waals surface area (Å²) in [5, 5.41) is 16.4. The number of hydrogen-bond donors (Lipinski definition) is 3. The molecule has 8 heteroatoms. The van der Waals surface area contributed by atoms with E-state index in [1.54, 1.807) is 12.0 Å². The van der Waals surface area contributed by atoms with Crippen LogP contribution in [0.3, 0.4) is 0 Å². The number of aliphatic hydroxyl groups is 1. The Morgan fingerprint density at radius 1 is 1.59 bits per heavy atom. The summed E-state index contributed by atoms with van der Waals surface area (Å²) in [4.78, 5) is 11.1. The average molecular weight is 251 g/mol. The van der Waals surface area contributed by atoms with Gasteiger partial charge in [0.1, 0.15) is 5.56 Å². The number of aromatic amines is 1. The van der Waals surface area contributed by atoms with Crippen molar-refractivity contribution in [2.75, 3.05) is 11.9 Å². The number of alkyl halides is 3. The summed E-state index contributed by atoms with van der Waals surface area (Å²) in [6.45, 7) is 1.36. The van der Waals surface area contributed by atoms with E-state index in [9.17, 15) is 18.0 Å². The third kappa shape index (κ3) is 3.19. The lowest BCUT2D eigenvalue weighted by atomic mass is 10.2. The van der Waals surface area contributed by atoms with Crippen LogP contribution in [0.15, 0.2) is 11.0 Å². The molecule has 1 atom stereocenters. The average Bonchev–Trinajstić information content (AvgIpc) is 2.24. The maximum Gasteiger partial charge on any atom is 0.423 e. The van der Waals surface area contributed by atoms with Crippen LogP contribution in [0.1, 0.15) is 18.9 Å². The summed E-state index contributed by atoms with van der Waals surface area (Å²) in [6.07, 6.45) is -3.48. The lowest BCUT2D eigenvalue weighted by molar-refractivity contribution is -0.138. The molecule has 0 saturated heterocycles. The first-order valence-corrected chi connectivity index (χ1v) is 4.92. The standard InChI is InChI=1S/C9H12F3N3O2/c1-2-5(4-16)14-6-3-13-15-8(17)7(6)9(10,11)12/h3,5,16H,2,4H2,1H3,(H2,14,15,17)/t5-/m0/s1. The Balaban J connectivity index is 3.16. The predicted molar refractivity (Wildman–Crippen MR) is 54.6 cm³/mol. The summed E-state index contributed by atoms with van der Waals surface area (Å²) < 4.78 is 37.9. The van der Waals surface area contributed by atoms with Gasteiger partial charge in [0.05, 0.1) is 18.5 Å². The van der Waals surface area contributed by atoms with Crippen LogP contribution in [0.5, 0.6) is 0 Å². The van der Waals surface area contributed by atoms with E-state index in [1.165, 1.54) is 0 Å². The van der Waals surface area contributed by atoms with Gasteiger partial charge in [0.2, 0.25) is 0 Å². The molecule has 0 aliphatic heterocycles. The monoisotopic (exact) mass is 251 g/mol. The minimum absolute atomic E-state index is 0.333. The number of H-pyrrole nitrogens is 1. The fourth-order valence-electron chi connectivity index (χ4n) is 1.29. The third-order valence-corrected chi connectivity index (χ3v) is 2.21. The van der Waals surface area contributed by atoms with Crippen molar-refractivity contribution < 1.29 is 18.3 Å². The van der Waals surface area contributed by atoms with E-state index < -0.39 is 29.0 Å². The fraction of sp³-hybridized carbons (Fsp3) is 0.556. The predicted octanol–water partition coefficient (Wildman–Crippen LogP) is 0.972. The zero-order chi connectivity index (χ0) is 13.1. The Morgan fingerprint density at radius 2 is 2.24 bits per heavy atom. The molecule has 1 rings (SSSR count). The van der Waals surface area contributed by atoms with Crippen LogP contribution in [0.25, 0.3) is 0 Å². The number of aliphatic hydroxyl groups excluding tert-OH is 1. The van der Waals surface area contributed by atoms with Crippen molar-refractivity contribution >= 4 is 5.69 Å². The van der Waals surface area contributed by atoms with Crippen molar-refractivity contribution in [2.45, 2.75) is 25.6 Å². The van der Waals surface area contributed by atoms with Gasteiger partial charge in [-0.25, -0.2) is 5.10 Å². The molecule has 1 aromatic rings. The van der Waals surface area contributed by atoms with Crippen LogP contribution in [0.4, 0.5) is 18.9 Å². The number of nitrogens with one attached hydrogen (secondary N) is 2. The number of aromatic nitrogens is 2. The van der Waals surface area contributed by atoms with Crippen LogP contribution in [0.2, 0.25) is 0 Å². The van der Waals surface area contributed by atoms with Crippen molar-refractivity contribution in [2.24, 2.45) is 0 Å². The van der Waals surface area contributed by atoms with Crippen LogP contribution in [-0.2, 0) is 6.18 Å². The van der Waals surface area contributed by atoms with E-state index in [-0.39, 0.29) is 6.61 Å². The quantitative estimate of drug-likeness (QED) is 0.745. The normalized spacial score (nSPS) is 13.5. The topological polar surface area (TPSA) is 78.0 Å². The number of hydrogen-bond acceptors (Lipinski definition) is 4. The molecule has 0 spiro atoms. The van der Waals surface area contributed by atoms with Crippen molar-refractivity contribution in [1.82, 2.24) is 10.2 Å². The first kappa shape index (κ1) is 13.5. The highest BCUT2D eigenvalue weighted by Crippen LogP contribution is 2.31. The maximum atomic E-state index is 12.6. The fourth-order valence-corrected chi connectivity index (χ4v) is 1.29. The molecule has 17 heavy (non-hydrogen) atoms. The molecule has 0 aromatic carbocycles. The van der Waals surface area contributed by atoms with Gasteiger partial charge in [0.15, 0.2) is 0 Å². The highest BCUT2D eigenvalue weighted by Gasteiger charge is 2.37. The summed E-state index contributed by atoms with van der Waals surface area (Å²) >= 11 is 0. The van der Waals surface area contributed by atoms with Gasteiger partial charge < -0.3 is 10.4 Å². The number of nitrogens with zero attached hydrogens (tertiary/aromatic N) is 1. The maximum absolute atomic E-state index is 12.6. The van der Waals surface area contributed by atoms with Gasteiger partial charge in [-0.2, -0.15) is 18.3 Å². The van der Waals surface area contributed by atoms with Crippen LogP contribution in [-0.4, -0.2) is 28.0 Å². The highest BCUT2D eigenvalue weighted by atomic mass is 19.4. The van der Waals surface area contributed by atoms with Gasteiger partial charge in [0, 0.05) is 6.04 Å². The van der Waals surface area contributed by atoms with E-state index in [0.717, 1.165) is 6.20 Å². The van der Waals surface area contributed by atoms with E-state index >= 15 is 0 Å². The second-order valence-electron chi connectivity index (χ2n) is 3.42. The summed E-state index contributed by atoms with van der Waals surface area (Å²) in [5.74, 6) is 0. The molecular weight excluding hydrogens is 239 g/mol. The molecule has 1 aromatic heterocycles. The van der Waals surface area contributed by atoms with Gasteiger partial charge in [-0.1, -0.05) is 6.92 Å². The molecule has 0 unspecified atom stereocenters. The zero-order valence-corrected chi connectivity index (χ0v) is 9.01. The van der Waals surface area contributed by atoms with Gasteiger partial charge in [-0.05, 0) is 6.42 Å². The van der Waals surface area contributed by atoms with Crippen molar-refractivity contribution in [3.63, 3.8) is 0 Å². The molecule has 3 N–H and O–H groups in total. The Kier molecular flexibility index (Phi) is 4.11. The zero-order valence-electron chi connectivity index (χ0n) is 9.01. The molecule has 0 amide bonds. The molecule has 5 nitrogen and oxygen atoms in total. The molecule has 0 bridgehead atoms. The van der Waals surface area contributed by atoms with Gasteiger partial charge >= 0.3 is 6.18 Å². The minimum atomic E-state index is -4.77. The van der Waals surface area contributed by atoms with Crippen LogP contribution < -0.4 is 10.9 Å². The molecule has 1 heterocycles. The van der Waals surface area contributed by atoms with Crippen molar-refractivity contribution in [1.29, 1.82) is 0 Å². The molecule has 0 radical (unpaired) electrons. The second-order valence-corrected chi connectivity index (χ2v) is 3.42. The van der Waals surface area contributed by atoms with E-state index in [0.29, 0.717) is 6.42 Å². The largest absolute Gasteiger partial charge is 0.423 e. The molecule has 96 valence electrons. The Bertz CT molecular complexity index is 426. The molecule has 0 saturated carbocycles. The first-order valence-electron chi connectivity index (χ1n) is 4.92. The minimum Gasteiger partial charge on any atom is -0.394 e. The summed E-state index contributed by atoms with van der Waals surface area (Å²) in [7, 11) is 0. The lowest BCUT2D eigenvalue weighted by Crippen LogP contribution is -2.29.